The SMILES string of the molecule is CC(C)=CC(=O)N1CCC(Oc2ccc(C(=O)NCCc3ccccc3)cc2)CC1. The van der Waals surface area contributed by atoms with E-state index in [1.54, 1.807) is 18.2 Å². The molecule has 0 atom stereocenters. The summed E-state index contributed by atoms with van der Waals surface area (Å²) in [6.07, 6.45) is 4.20. The zero-order valence-electron chi connectivity index (χ0n) is 17.8. The molecule has 2 aromatic rings. The second-order valence-corrected chi connectivity index (χ2v) is 7.88. The minimum atomic E-state index is -0.0800. The molecule has 5 heteroatoms. The maximum Gasteiger partial charge on any atom is 0.251 e. The first-order valence-corrected chi connectivity index (χ1v) is 10.5. The number of hydrogen-bond donors (Lipinski definition) is 1. The molecule has 0 saturated carbocycles. The van der Waals surface area contributed by atoms with E-state index in [4.69, 9.17) is 4.74 Å². The molecule has 0 aliphatic carbocycles. The lowest BCUT2D eigenvalue weighted by molar-refractivity contribution is -0.127. The summed E-state index contributed by atoms with van der Waals surface area (Å²) in [5.74, 6) is 0.754. The third-order valence-electron chi connectivity index (χ3n) is 5.13. The number of ether oxygens (including phenoxy) is 1. The molecule has 3 rings (SSSR count). The fourth-order valence-corrected chi connectivity index (χ4v) is 3.48. The number of likely N-dealkylation sites (tertiary alicyclic amines) is 1. The Balaban J connectivity index is 1.43. The first-order valence-electron chi connectivity index (χ1n) is 10.5. The summed E-state index contributed by atoms with van der Waals surface area (Å²) in [5.41, 5.74) is 2.84. The minimum Gasteiger partial charge on any atom is -0.490 e. The Hall–Kier alpha value is -3.08. The number of carbonyl (C=O) groups excluding carboxylic acids is 2. The number of nitrogens with zero attached hydrogens (tertiary/aromatic N) is 1. The highest BCUT2D eigenvalue weighted by atomic mass is 16.5. The minimum absolute atomic E-state index is 0.0797. The van der Waals surface area contributed by atoms with Gasteiger partial charge in [0.1, 0.15) is 11.9 Å². The van der Waals surface area contributed by atoms with Crippen molar-refractivity contribution >= 4 is 11.8 Å². The Morgan fingerprint density at radius 2 is 1.70 bits per heavy atom. The molecule has 158 valence electrons. The molecule has 1 fully saturated rings. The van der Waals surface area contributed by atoms with Gasteiger partial charge in [-0.15, -0.1) is 0 Å². The fraction of sp³-hybridized carbons (Fsp3) is 0.360. The predicted octanol–water partition coefficient (Wildman–Crippen LogP) is 4.00. The summed E-state index contributed by atoms with van der Waals surface area (Å²) in [4.78, 5) is 26.3. The maximum absolute atomic E-state index is 12.3. The van der Waals surface area contributed by atoms with E-state index in [9.17, 15) is 9.59 Å². The van der Waals surface area contributed by atoms with Gasteiger partial charge in [0.2, 0.25) is 5.91 Å². The van der Waals surface area contributed by atoms with Crippen LogP contribution in [0, 0.1) is 0 Å². The molecule has 2 amide bonds. The van der Waals surface area contributed by atoms with Crippen molar-refractivity contribution in [1.82, 2.24) is 10.2 Å². The van der Waals surface area contributed by atoms with Gasteiger partial charge in [0.15, 0.2) is 0 Å². The maximum atomic E-state index is 12.3. The van der Waals surface area contributed by atoms with Crippen molar-refractivity contribution in [1.29, 1.82) is 0 Å². The van der Waals surface area contributed by atoms with E-state index < -0.39 is 0 Å². The van der Waals surface area contributed by atoms with Gasteiger partial charge in [0.05, 0.1) is 0 Å². The van der Waals surface area contributed by atoms with Gasteiger partial charge < -0.3 is 15.0 Å². The third kappa shape index (κ3) is 6.48. The van der Waals surface area contributed by atoms with Crippen LogP contribution in [0.1, 0.15) is 42.6 Å². The number of benzene rings is 2. The number of amides is 2. The summed E-state index contributed by atoms with van der Waals surface area (Å²) in [6, 6.07) is 17.4. The van der Waals surface area contributed by atoms with Gasteiger partial charge in [-0.3, -0.25) is 9.59 Å². The van der Waals surface area contributed by atoms with E-state index in [1.165, 1.54) is 5.56 Å². The zero-order valence-corrected chi connectivity index (χ0v) is 17.8. The van der Waals surface area contributed by atoms with Gasteiger partial charge in [0, 0.05) is 44.1 Å². The van der Waals surface area contributed by atoms with Gasteiger partial charge in [0.25, 0.3) is 5.91 Å². The van der Waals surface area contributed by atoms with E-state index in [0.29, 0.717) is 25.2 Å². The average molecular weight is 407 g/mol. The standard InChI is InChI=1S/C25H30N2O3/c1-19(2)18-24(28)27-16-13-23(14-17-27)30-22-10-8-21(9-11-22)25(29)26-15-12-20-6-4-3-5-7-20/h3-11,18,23H,12-17H2,1-2H3,(H,26,29). The number of rotatable bonds is 7. The molecule has 1 N–H and O–H groups in total. The Labute approximate surface area is 178 Å². The summed E-state index contributed by atoms with van der Waals surface area (Å²) in [5, 5.41) is 2.96. The molecule has 30 heavy (non-hydrogen) atoms. The third-order valence-corrected chi connectivity index (χ3v) is 5.13. The fourth-order valence-electron chi connectivity index (χ4n) is 3.48. The molecule has 0 spiro atoms. The smallest absolute Gasteiger partial charge is 0.251 e. The van der Waals surface area contributed by atoms with Crippen molar-refractivity contribution < 1.29 is 14.3 Å². The van der Waals surface area contributed by atoms with Crippen LogP contribution in [-0.4, -0.2) is 42.5 Å². The normalized spacial score (nSPS) is 14.1. The predicted molar refractivity (Wildman–Crippen MR) is 119 cm³/mol. The van der Waals surface area contributed by atoms with E-state index in [0.717, 1.165) is 30.6 Å². The molecule has 1 aliphatic rings. The second-order valence-electron chi connectivity index (χ2n) is 7.88. The van der Waals surface area contributed by atoms with Crippen LogP contribution in [0.5, 0.6) is 5.75 Å². The summed E-state index contributed by atoms with van der Waals surface area (Å²) >= 11 is 0. The second kappa shape index (κ2) is 10.6. The Morgan fingerprint density at radius 3 is 2.33 bits per heavy atom. The molecule has 1 heterocycles. The lowest BCUT2D eigenvalue weighted by Crippen LogP contribution is -2.41. The van der Waals surface area contributed by atoms with Crippen molar-refractivity contribution in [2.24, 2.45) is 0 Å². The quantitative estimate of drug-likeness (QED) is 0.707. The van der Waals surface area contributed by atoms with E-state index >= 15 is 0 Å². The highest BCUT2D eigenvalue weighted by molar-refractivity contribution is 5.94. The number of nitrogens with one attached hydrogen (secondary N) is 1. The lowest BCUT2D eigenvalue weighted by Gasteiger charge is -2.31. The number of carbonyl (C=O) groups is 2. The largest absolute Gasteiger partial charge is 0.490 e. The lowest BCUT2D eigenvalue weighted by atomic mass is 10.1. The molecule has 5 nitrogen and oxygen atoms in total. The van der Waals surface area contributed by atoms with Crippen molar-refractivity contribution in [2.75, 3.05) is 19.6 Å². The first-order chi connectivity index (χ1) is 14.5. The topological polar surface area (TPSA) is 58.6 Å². The molecule has 1 saturated heterocycles. The average Bonchev–Trinajstić information content (AvgIpc) is 2.75. The van der Waals surface area contributed by atoms with Crippen LogP contribution in [0.3, 0.4) is 0 Å². The van der Waals surface area contributed by atoms with Crippen LogP contribution >= 0.6 is 0 Å². The molecule has 0 bridgehead atoms. The van der Waals surface area contributed by atoms with Crippen LogP contribution in [0.15, 0.2) is 66.2 Å². The number of piperidine rings is 1. The molecule has 2 aromatic carbocycles. The van der Waals surface area contributed by atoms with Crippen molar-refractivity contribution in [3.8, 4) is 5.75 Å². The molecule has 0 unspecified atom stereocenters. The molecule has 0 aromatic heterocycles. The van der Waals surface area contributed by atoms with E-state index in [-0.39, 0.29) is 17.9 Å². The van der Waals surface area contributed by atoms with Crippen molar-refractivity contribution in [2.45, 2.75) is 39.2 Å². The van der Waals surface area contributed by atoms with Gasteiger partial charge in [-0.2, -0.15) is 0 Å². The molecule has 1 aliphatic heterocycles. The summed E-state index contributed by atoms with van der Waals surface area (Å²) < 4.78 is 6.05. The summed E-state index contributed by atoms with van der Waals surface area (Å²) in [6.45, 7) is 5.87. The molecule has 0 radical (unpaired) electrons. The number of allylic oxidation sites excluding steroid dienone is 1. The van der Waals surface area contributed by atoms with E-state index in [2.05, 4.69) is 17.4 Å². The Morgan fingerprint density at radius 1 is 1.03 bits per heavy atom. The van der Waals surface area contributed by atoms with Crippen LogP contribution in [0.4, 0.5) is 0 Å². The van der Waals surface area contributed by atoms with Crippen LogP contribution in [0.2, 0.25) is 0 Å². The van der Waals surface area contributed by atoms with Gasteiger partial charge >= 0.3 is 0 Å². The van der Waals surface area contributed by atoms with Crippen LogP contribution in [-0.2, 0) is 11.2 Å². The highest BCUT2D eigenvalue weighted by Gasteiger charge is 2.23. The van der Waals surface area contributed by atoms with E-state index in [1.807, 2.05) is 49.1 Å². The number of hydrogen-bond acceptors (Lipinski definition) is 3. The summed E-state index contributed by atoms with van der Waals surface area (Å²) in [7, 11) is 0. The van der Waals surface area contributed by atoms with Gasteiger partial charge in [-0.05, 0) is 50.1 Å². The van der Waals surface area contributed by atoms with Gasteiger partial charge in [-0.25, -0.2) is 0 Å². The van der Waals surface area contributed by atoms with Crippen LogP contribution in [0.25, 0.3) is 0 Å². The Bertz CT molecular complexity index is 863. The Kier molecular flexibility index (Phi) is 7.66. The first kappa shape index (κ1) is 21.6. The zero-order chi connectivity index (χ0) is 21.3. The highest BCUT2D eigenvalue weighted by Crippen LogP contribution is 2.20. The van der Waals surface area contributed by atoms with Crippen molar-refractivity contribution in [3.63, 3.8) is 0 Å². The van der Waals surface area contributed by atoms with Gasteiger partial charge in [-0.1, -0.05) is 35.9 Å². The van der Waals surface area contributed by atoms with Crippen molar-refractivity contribution in [3.05, 3.63) is 77.4 Å². The monoisotopic (exact) mass is 406 g/mol. The molecular weight excluding hydrogens is 376 g/mol. The molecular formula is C25H30N2O3. The van der Waals surface area contributed by atoms with Crippen LogP contribution < -0.4 is 10.1 Å².